The van der Waals surface area contributed by atoms with Crippen LogP contribution in [0.1, 0.15) is 12.6 Å². The minimum absolute atomic E-state index is 0.0879. The second kappa shape index (κ2) is 8.54. The third-order valence-electron chi connectivity index (χ3n) is 3.25. The lowest BCUT2D eigenvalue weighted by atomic mass is 10.3. The van der Waals surface area contributed by atoms with Crippen molar-refractivity contribution in [3.05, 3.63) is 46.1 Å². The number of aryl methyl sites for hydroxylation is 1. The first-order valence-electron chi connectivity index (χ1n) is 7.89. The third-order valence-corrected chi connectivity index (χ3v) is 4.71. The Kier molecular flexibility index (Phi) is 6.41. The molecular formula is C15H20N6O4S. The van der Waals surface area contributed by atoms with Crippen LogP contribution in [0, 0.1) is 17.0 Å². The fourth-order valence-electron chi connectivity index (χ4n) is 2.12. The zero-order valence-corrected chi connectivity index (χ0v) is 15.2. The van der Waals surface area contributed by atoms with Crippen LogP contribution in [0.3, 0.4) is 0 Å². The van der Waals surface area contributed by atoms with E-state index in [1.54, 1.807) is 6.07 Å². The Balaban J connectivity index is 1.95. The van der Waals surface area contributed by atoms with Gasteiger partial charge < -0.3 is 10.6 Å². The highest BCUT2D eigenvalue weighted by atomic mass is 32.2. The van der Waals surface area contributed by atoms with Gasteiger partial charge in [0.2, 0.25) is 16.0 Å². The number of anilines is 2. The Bertz CT molecular complexity index is 887. The second-order valence-corrected chi connectivity index (χ2v) is 7.09. The van der Waals surface area contributed by atoms with Gasteiger partial charge in [-0.2, -0.15) is 4.98 Å². The minimum Gasteiger partial charge on any atom is -0.369 e. The van der Waals surface area contributed by atoms with E-state index in [9.17, 15) is 18.5 Å². The summed E-state index contributed by atoms with van der Waals surface area (Å²) in [5.41, 5.74) is 0.494. The predicted molar refractivity (Wildman–Crippen MR) is 97.7 cm³/mol. The Morgan fingerprint density at radius 2 is 1.92 bits per heavy atom. The summed E-state index contributed by atoms with van der Waals surface area (Å²) in [5.74, 6) is 1.06. The first-order valence-corrected chi connectivity index (χ1v) is 9.37. The van der Waals surface area contributed by atoms with Gasteiger partial charge >= 0.3 is 0 Å². The van der Waals surface area contributed by atoms with E-state index in [0.717, 1.165) is 11.8 Å². The highest BCUT2D eigenvalue weighted by Gasteiger charge is 2.17. The molecule has 0 amide bonds. The molecule has 0 aliphatic heterocycles. The molecule has 0 bridgehead atoms. The topological polar surface area (TPSA) is 139 Å². The Morgan fingerprint density at radius 1 is 1.15 bits per heavy atom. The minimum atomic E-state index is -3.84. The molecule has 0 unspecified atom stereocenters. The molecular weight excluding hydrogens is 360 g/mol. The number of nitrogens with one attached hydrogen (secondary N) is 3. The van der Waals surface area contributed by atoms with Crippen LogP contribution in [-0.2, 0) is 10.0 Å². The van der Waals surface area contributed by atoms with Gasteiger partial charge in [0.15, 0.2) is 0 Å². The van der Waals surface area contributed by atoms with E-state index in [1.807, 2.05) is 13.8 Å². The lowest BCUT2D eigenvalue weighted by Crippen LogP contribution is -2.29. The van der Waals surface area contributed by atoms with Crippen LogP contribution in [0.25, 0.3) is 0 Å². The Morgan fingerprint density at radius 3 is 2.62 bits per heavy atom. The molecule has 0 saturated carbocycles. The quantitative estimate of drug-likeness (QED) is 0.338. The molecule has 0 spiro atoms. The van der Waals surface area contributed by atoms with E-state index in [4.69, 9.17) is 0 Å². The smallest absolute Gasteiger partial charge is 0.270 e. The molecule has 0 radical (unpaired) electrons. The van der Waals surface area contributed by atoms with Gasteiger partial charge in [-0.25, -0.2) is 18.1 Å². The molecule has 10 nitrogen and oxygen atoms in total. The van der Waals surface area contributed by atoms with Crippen LogP contribution in [0.2, 0.25) is 0 Å². The number of aromatic nitrogens is 2. The van der Waals surface area contributed by atoms with Gasteiger partial charge in [-0.3, -0.25) is 10.1 Å². The molecule has 1 heterocycles. The van der Waals surface area contributed by atoms with Crippen molar-refractivity contribution < 1.29 is 13.3 Å². The zero-order chi connectivity index (χ0) is 19.2. The molecule has 0 aliphatic carbocycles. The summed E-state index contributed by atoms with van der Waals surface area (Å²) < 4.78 is 26.8. The Labute approximate surface area is 151 Å². The van der Waals surface area contributed by atoms with E-state index < -0.39 is 14.9 Å². The Hall–Kier alpha value is -2.79. The molecule has 1 aromatic heterocycles. The fraction of sp³-hybridized carbons (Fsp3) is 0.333. The van der Waals surface area contributed by atoms with Crippen LogP contribution >= 0.6 is 0 Å². The largest absolute Gasteiger partial charge is 0.369 e. The van der Waals surface area contributed by atoms with Gasteiger partial charge in [-0.1, -0.05) is 6.07 Å². The number of non-ortho nitro benzene ring substituents is 1. The number of hydrogen-bond donors (Lipinski definition) is 3. The molecule has 140 valence electrons. The highest BCUT2D eigenvalue weighted by Crippen LogP contribution is 2.17. The summed E-state index contributed by atoms with van der Waals surface area (Å²) in [6.07, 6.45) is 0. The molecule has 0 aliphatic rings. The fourth-order valence-corrected chi connectivity index (χ4v) is 3.19. The van der Waals surface area contributed by atoms with E-state index >= 15 is 0 Å². The van der Waals surface area contributed by atoms with Crippen LogP contribution < -0.4 is 15.4 Å². The summed E-state index contributed by atoms with van der Waals surface area (Å²) >= 11 is 0. The SMILES string of the molecule is CCNc1nc(C)cc(NCCNS(=O)(=O)c2cccc([N+](=O)[O-])c2)n1. The first kappa shape index (κ1) is 19.5. The highest BCUT2D eigenvalue weighted by molar-refractivity contribution is 7.89. The van der Waals surface area contributed by atoms with Crippen molar-refractivity contribution in [2.75, 3.05) is 30.3 Å². The standard InChI is InChI=1S/C15H20N6O4S/c1-3-16-15-19-11(2)9-14(20-15)17-7-8-18-26(24,25)13-6-4-5-12(10-13)21(22)23/h4-6,9-10,18H,3,7-8H2,1-2H3,(H2,16,17,19,20). The van der Waals surface area contributed by atoms with Crippen molar-refractivity contribution in [1.82, 2.24) is 14.7 Å². The van der Waals surface area contributed by atoms with Crippen molar-refractivity contribution in [2.45, 2.75) is 18.7 Å². The molecule has 11 heteroatoms. The molecule has 3 N–H and O–H groups in total. The molecule has 0 fully saturated rings. The average molecular weight is 380 g/mol. The van der Waals surface area contributed by atoms with E-state index in [-0.39, 0.29) is 23.7 Å². The van der Waals surface area contributed by atoms with Crippen molar-refractivity contribution >= 4 is 27.5 Å². The number of nitro benzene ring substituents is 1. The van der Waals surface area contributed by atoms with Gasteiger partial charge in [0.25, 0.3) is 5.69 Å². The molecule has 0 atom stereocenters. The number of sulfonamides is 1. The van der Waals surface area contributed by atoms with Gasteiger partial charge in [0.1, 0.15) is 5.82 Å². The van der Waals surface area contributed by atoms with Crippen LogP contribution in [-0.4, -0.2) is 42.9 Å². The molecule has 1 aromatic carbocycles. The van der Waals surface area contributed by atoms with Gasteiger partial charge in [-0.15, -0.1) is 0 Å². The first-order chi connectivity index (χ1) is 12.3. The number of hydrogen-bond acceptors (Lipinski definition) is 8. The number of rotatable bonds is 9. The van der Waals surface area contributed by atoms with Crippen molar-refractivity contribution in [2.24, 2.45) is 0 Å². The number of nitrogens with zero attached hydrogens (tertiary/aromatic N) is 3. The monoisotopic (exact) mass is 380 g/mol. The maximum Gasteiger partial charge on any atom is 0.270 e. The molecule has 0 saturated heterocycles. The summed E-state index contributed by atoms with van der Waals surface area (Å²) in [4.78, 5) is 18.5. The third kappa shape index (κ3) is 5.36. The van der Waals surface area contributed by atoms with Crippen molar-refractivity contribution in [3.8, 4) is 0 Å². The molecule has 2 rings (SSSR count). The van der Waals surface area contributed by atoms with E-state index in [2.05, 4.69) is 25.3 Å². The summed E-state index contributed by atoms with van der Waals surface area (Å²) in [5, 5.41) is 16.8. The zero-order valence-electron chi connectivity index (χ0n) is 14.4. The number of benzene rings is 1. The summed E-state index contributed by atoms with van der Waals surface area (Å²) in [6.45, 7) is 4.83. The second-order valence-electron chi connectivity index (χ2n) is 5.33. The maximum atomic E-state index is 12.2. The summed E-state index contributed by atoms with van der Waals surface area (Å²) in [7, 11) is -3.84. The maximum absolute atomic E-state index is 12.2. The van der Waals surface area contributed by atoms with Gasteiger partial charge in [0.05, 0.1) is 9.82 Å². The average Bonchev–Trinajstić information content (AvgIpc) is 2.59. The summed E-state index contributed by atoms with van der Waals surface area (Å²) in [6, 6.07) is 6.64. The normalized spacial score (nSPS) is 11.2. The van der Waals surface area contributed by atoms with Gasteiger partial charge in [-0.05, 0) is 19.9 Å². The van der Waals surface area contributed by atoms with Crippen molar-refractivity contribution in [3.63, 3.8) is 0 Å². The molecule has 26 heavy (non-hydrogen) atoms. The van der Waals surface area contributed by atoms with Crippen LogP contribution in [0.4, 0.5) is 17.5 Å². The predicted octanol–water partition coefficient (Wildman–Crippen LogP) is 1.52. The lowest BCUT2D eigenvalue weighted by Gasteiger charge is -2.10. The van der Waals surface area contributed by atoms with E-state index in [0.29, 0.717) is 18.3 Å². The van der Waals surface area contributed by atoms with Crippen LogP contribution in [0.15, 0.2) is 35.2 Å². The van der Waals surface area contributed by atoms with Crippen molar-refractivity contribution in [1.29, 1.82) is 0 Å². The molecule has 2 aromatic rings. The van der Waals surface area contributed by atoms with Gasteiger partial charge in [0, 0.05) is 43.5 Å². The lowest BCUT2D eigenvalue weighted by molar-refractivity contribution is -0.385. The number of nitro groups is 1. The van der Waals surface area contributed by atoms with E-state index in [1.165, 1.54) is 18.2 Å². The van der Waals surface area contributed by atoms with Crippen LogP contribution in [0.5, 0.6) is 0 Å².